The lowest BCUT2D eigenvalue weighted by Gasteiger charge is -2.09. The highest BCUT2D eigenvalue weighted by Crippen LogP contribution is 2.16. The van der Waals surface area contributed by atoms with Gasteiger partial charge in [0.25, 0.3) is 5.91 Å². The normalized spacial score (nSPS) is 10.3. The van der Waals surface area contributed by atoms with Gasteiger partial charge in [-0.2, -0.15) is 0 Å². The number of thioether (sulfide) groups is 1. The van der Waals surface area contributed by atoms with Crippen molar-refractivity contribution in [2.45, 2.75) is 19.0 Å². The zero-order valence-electron chi connectivity index (χ0n) is 11.6. The van der Waals surface area contributed by atoms with E-state index < -0.39 is 5.91 Å². The number of amides is 1. The number of hydrogen-bond acceptors (Lipinski definition) is 7. The minimum atomic E-state index is -0.486. The number of carbonyl (C=O) groups excluding carboxylic acids is 1. The standard InChI is InChI=1S/C12H13ClN6OS/c1-6-4-7(2)16-11(15-6)19-18-10(20)9-8(13)5-14-12(17-9)21-3/h4-5H,1-3H3,(H,18,20)(H,15,16,19). The monoisotopic (exact) mass is 324 g/mol. The molecule has 0 saturated heterocycles. The van der Waals surface area contributed by atoms with Crippen molar-refractivity contribution < 1.29 is 4.79 Å². The molecule has 21 heavy (non-hydrogen) atoms. The summed E-state index contributed by atoms with van der Waals surface area (Å²) in [5.41, 5.74) is 6.79. The molecule has 0 unspecified atom stereocenters. The molecule has 0 bridgehead atoms. The predicted octanol–water partition coefficient (Wildman–Crippen LogP) is 2.02. The Bertz CT molecular complexity index is 661. The molecule has 0 atom stereocenters. The second kappa shape index (κ2) is 6.68. The van der Waals surface area contributed by atoms with E-state index in [2.05, 4.69) is 30.8 Å². The second-order valence-electron chi connectivity index (χ2n) is 4.11. The van der Waals surface area contributed by atoms with Crippen molar-refractivity contribution >= 4 is 35.2 Å². The number of nitrogens with one attached hydrogen (secondary N) is 2. The van der Waals surface area contributed by atoms with E-state index in [1.807, 2.05) is 26.2 Å². The summed E-state index contributed by atoms with van der Waals surface area (Å²) in [7, 11) is 0. The number of aromatic nitrogens is 4. The number of anilines is 1. The van der Waals surface area contributed by atoms with E-state index in [-0.39, 0.29) is 10.7 Å². The van der Waals surface area contributed by atoms with E-state index in [1.54, 1.807) is 0 Å². The zero-order chi connectivity index (χ0) is 15.4. The maximum absolute atomic E-state index is 12.1. The first kappa shape index (κ1) is 15.5. The maximum atomic E-state index is 12.1. The van der Waals surface area contributed by atoms with Crippen LogP contribution >= 0.6 is 23.4 Å². The molecule has 1 amide bonds. The Kier molecular flexibility index (Phi) is 4.92. The lowest BCUT2D eigenvalue weighted by atomic mass is 10.4. The molecule has 110 valence electrons. The number of hydrazine groups is 1. The van der Waals surface area contributed by atoms with Gasteiger partial charge in [-0.3, -0.25) is 15.6 Å². The van der Waals surface area contributed by atoms with Crippen LogP contribution in [-0.2, 0) is 0 Å². The molecule has 0 radical (unpaired) electrons. The first-order valence-corrected chi connectivity index (χ1v) is 7.55. The highest BCUT2D eigenvalue weighted by Gasteiger charge is 2.14. The SMILES string of the molecule is CSc1ncc(Cl)c(C(=O)NNc2nc(C)cc(C)n2)n1. The third-order valence-corrected chi connectivity index (χ3v) is 3.23. The van der Waals surface area contributed by atoms with Crippen LogP contribution in [-0.4, -0.2) is 32.1 Å². The Hall–Kier alpha value is -1.93. The van der Waals surface area contributed by atoms with Crippen LogP contribution in [0.4, 0.5) is 5.95 Å². The van der Waals surface area contributed by atoms with Crippen LogP contribution in [0.1, 0.15) is 21.9 Å². The molecule has 2 rings (SSSR count). The van der Waals surface area contributed by atoms with Crippen LogP contribution in [0.25, 0.3) is 0 Å². The van der Waals surface area contributed by atoms with E-state index in [0.29, 0.717) is 11.1 Å². The van der Waals surface area contributed by atoms with Crippen LogP contribution in [0.5, 0.6) is 0 Å². The molecule has 2 aromatic heterocycles. The molecule has 2 N–H and O–H groups in total. The smallest absolute Gasteiger partial charge is 0.266 e. The van der Waals surface area contributed by atoms with Crippen molar-refractivity contribution in [2.24, 2.45) is 0 Å². The van der Waals surface area contributed by atoms with Gasteiger partial charge >= 0.3 is 0 Å². The van der Waals surface area contributed by atoms with Crippen LogP contribution in [0.15, 0.2) is 17.4 Å². The van der Waals surface area contributed by atoms with Gasteiger partial charge in [0.1, 0.15) is 0 Å². The average Bonchev–Trinajstić information content (AvgIpc) is 2.44. The first-order valence-electron chi connectivity index (χ1n) is 5.94. The fourth-order valence-corrected chi connectivity index (χ4v) is 2.08. The quantitative estimate of drug-likeness (QED) is 0.505. The van der Waals surface area contributed by atoms with Crippen molar-refractivity contribution in [3.63, 3.8) is 0 Å². The molecular weight excluding hydrogens is 312 g/mol. The van der Waals surface area contributed by atoms with Gasteiger partial charge in [-0.05, 0) is 26.2 Å². The number of rotatable bonds is 4. The van der Waals surface area contributed by atoms with Gasteiger partial charge in [0.15, 0.2) is 10.9 Å². The van der Waals surface area contributed by atoms with Gasteiger partial charge in [0.05, 0.1) is 11.2 Å². The fourth-order valence-electron chi connectivity index (χ4n) is 1.56. The van der Waals surface area contributed by atoms with E-state index in [0.717, 1.165) is 11.4 Å². The lowest BCUT2D eigenvalue weighted by Crippen LogP contribution is -2.31. The Morgan fingerprint density at radius 3 is 2.52 bits per heavy atom. The Balaban J connectivity index is 2.11. The summed E-state index contributed by atoms with van der Waals surface area (Å²) in [5.74, 6) is -0.184. The minimum Gasteiger partial charge on any atom is -0.266 e. The number of nitrogens with zero attached hydrogens (tertiary/aromatic N) is 4. The van der Waals surface area contributed by atoms with Crippen molar-refractivity contribution in [3.8, 4) is 0 Å². The van der Waals surface area contributed by atoms with Gasteiger partial charge in [-0.15, -0.1) is 0 Å². The van der Waals surface area contributed by atoms with Gasteiger partial charge in [-0.1, -0.05) is 23.4 Å². The topological polar surface area (TPSA) is 92.7 Å². The van der Waals surface area contributed by atoms with Crippen molar-refractivity contribution in [3.05, 3.63) is 34.4 Å². The first-order chi connectivity index (χ1) is 9.99. The molecule has 0 saturated carbocycles. The van der Waals surface area contributed by atoms with Crippen molar-refractivity contribution in [2.75, 3.05) is 11.7 Å². The summed E-state index contributed by atoms with van der Waals surface area (Å²) in [6.07, 6.45) is 3.20. The largest absolute Gasteiger partial charge is 0.289 e. The van der Waals surface area contributed by atoms with E-state index in [4.69, 9.17) is 11.6 Å². The summed E-state index contributed by atoms with van der Waals surface area (Å²) in [6.45, 7) is 3.68. The summed E-state index contributed by atoms with van der Waals surface area (Å²) in [6, 6.07) is 1.83. The highest BCUT2D eigenvalue weighted by atomic mass is 35.5. The Morgan fingerprint density at radius 2 is 1.90 bits per heavy atom. The fraction of sp³-hybridized carbons (Fsp3) is 0.250. The van der Waals surface area contributed by atoms with E-state index in [1.165, 1.54) is 18.0 Å². The molecule has 0 spiro atoms. The lowest BCUT2D eigenvalue weighted by molar-refractivity contribution is 0.0956. The van der Waals surface area contributed by atoms with Crippen LogP contribution < -0.4 is 10.9 Å². The second-order valence-corrected chi connectivity index (χ2v) is 5.29. The van der Waals surface area contributed by atoms with Crippen LogP contribution in [0.2, 0.25) is 5.02 Å². The molecule has 9 heteroatoms. The number of halogens is 1. The van der Waals surface area contributed by atoms with E-state index in [9.17, 15) is 4.79 Å². The maximum Gasteiger partial charge on any atom is 0.289 e. The third kappa shape index (κ3) is 4.02. The Morgan fingerprint density at radius 1 is 1.24 bits per heavy atom. The summed E-state index contributed by atoms with van der Waals surface area (Å²) < 4.78 is 0. The minimum absolute atomic E-state index is 0.0906. The molecule has 7 nitrogen and oxygen atoms in total. The van der Waals surface area contributed by atoms with Crippen LogP contribution in [0.3, 0.4) is 0 Å². The third-order valence-electron chi connectivity index (χ3n) is 2.39. The van der Waals surface area contributed by atoms with Crippen LogP contribution in [0, 0.1) is 13.8 Å². The summed E-state index contributed by atoms with van der Waals surface area (Å²) in [5, 5.41) is 0.639. The van der Waals surface area contributed by atoms with E-state index >= 15 is 0 Å². The molecule has 0 fully saturated rings. The number of carbonyl (C=O) groups is 1. The molecule has 2 heterocycles. The summed E-state index contributed by atoms with van der Waals surface area (Å²) >= 11 is 7.25. The van der Waals surface area contributed by atoms with Gasteiger partial charge in [0, 0.05) is 11.4 Å². The summed E-state index contributed by atoms with van der Waals surface area (Å²) in [4.78, 5) is 28.4. The van der Waals surface area contributed by atoms with Gasteiger partial charge in [-0.25, -0.2) is 19.9 Å². The molecule has 0 aromatic carbocycles. The zero-order valence-corrected chi connectivity index (χ0v) is 13.2. The molecule has 2 aromatic rings. The number of aryl methyl sites for hydroxylation is 2. The number of hydrogen-bond donors (Lipinski definition) is 2. The molecule has 0 aliphatic heterocycles. The predicted molar refractivity (Wildman–Crippen MR) is 81.4 cm³/mol. The average molecular weight is 325 g/mol. The Labute approximate surface area is 130 Å². The van der Waals surface area contributed by atoms with Gasteiger partial charge < -0.3 is 0 Å². The van der Waals surface area contributed by atoms with Crippen molar-refractivity contribution in [1.82, 2.24) is 25.4 Å². The molecule has 0 aliphatic carbocycles. The van der Waals surface area contributed by atoms with Crippen molar-refractivity contribution in [1.29, 1.82) is 0 Å². The van der Waals surface area contributed by atoms with Gasteiger partial charge in [0.2, 0.25) is 5.95 Å². The molecule has 0 aliphatic rings. The molecular formula is C12H13ClN6OS. The highest BCUT2D eigenvalue weighted by molar-refractivity contribution is 7.98.